The van der Waals surface area contributed by atoms with Gasteiger partial charge in [0.25, 0.3) is 5.78 Å². The molecule has 2 aromatic carbocycles. The van der Waals surface area contributed by atoms with Crippen LogP contribution in [-0.4, -0.2) is 0 Å². The molecule has 0 spiro atoms. The summed E-state index contributed by atoms with van der Waals surface area (Å²) in [6, 6.07) is 18.5. The molecule has 0 radical (unpaired) electrons. The van der Waals surface area contributed by atoms with E-state index >= 15 is 0 Å². The van der Waals surface area contributed by atoms with Crippen LogP contribution >= 0.6 is 0 Å². The van der Waals surface area contributed by atoms with Crippen LogP contribution in [0, 0.1) is 0 Å². The van der Waals surface area contributed by atoms with Crippen LogP contribution in [0.1, 0.15) is 0 Å². The van der Waals surface area contributed by atoms with Gasteiger partial charge in [-0.15, -0.1) is 0 Å². The SMILES string of the molecule is c1ccc(-c2ccc3oc4occc4c3c2)cc1. The molecule has 0 fully saturated rings. The fourth-order valence-electron chi connectivity index (χ4n) is 2.31. The Morgan fingerprint density at radius 2 is 1.61 bits per heavy atom. The second-order valence-corrected chi connectivity index (χ2v) is 4.30. The van der Waals surface area contributed by atoms with E-state index in [0.29, 0.717) is 5.78 Å². The van der Waals surface area contributed by atoms with Crippen molar-refractivity contribution < 1.29 is 8.83 Å². The Morgan fingerprint density at radius 1 is 0.722 bits per heavy atom. The molecule has 2 heterocycles. The molecule has 18 heavy (non-hydrogen) atoms. The molecule has 0 bridgehead atoms. The molecule has 0 saturated heterocycles. The Morgan fingerprint density at radius 3 is 2.50 bits per heavy atom. The third kappa shape index (κ3) is 1.29. The van der Waals surface area contributed by atoms with Crippen molar-refractivity contribution in [2.24, 2.45) is 0 Å². The zero-order chi connectivity index (χ0) is 11.9. The topological polar surface area (TPSA) is 26.3 Å². The fraction of sp³-hybridized carbons (Fsp3) is 0. The summed E-state index contributed by atoms with van der Waals surface area (Å²) in [5, 5.41) is 2.13. The lowest BCUT2D eigenvalue weighted by molar-refractivity contribution is 0.499. The van der Waals surface area contributed by atoms with Crippen molar-refractivity contribution in [3.8, 4) is 11.1 Å². The maximum absolute atomic E-state index is 5.62. The molecule has 0 N–H and O–H groups in total. The Bertz CT molecular complexity index is 822. The predicted octanol–water partition coefficient (Wildman–Crippen LogP) is 4.85. The second kappa shape index (κ2) is 3.50. The van der Waals surface area contributed by atoms with Gasteiger partial charge in [-0.05, 0) is 29.3 Å². The average Bonchev–Trinajstić information content (AvgIpc) is 2.99. The van der Waals surface area contributed by atoms with E-state index in [9.17, 15) is 0 Å². The summed E-state index contributed by atoms with van der Waals surface area (Å²) in [6.07, 6.45) is 1.66. The molecule has 0 aliphatic heterocycles. The molecular formula is C16H10O2. The predicted molar refractivity (Wildman–Crippen MR) is 71.4 cm³/mol. The second-order valence-electron chi connectivity index (χ2n) is 4.30. The number of furan rings is 2. The van der Waals surface area contributed by atoms with Crippen LogP contribution in [0.5, 0.6) is 0 Å². The summed E-state index contributed by atoms with van der Waals surface area (Å²) in [7, 11) is 0. The Hall–Kier alpha value is -2.48. The highest BCUT2D eigenvalue weighted by Crippen LogP contribution is 2.32. The number of hydrogen-bond donors (Lipinski definition) is 0. The number of rotatable bonds is 1. The molecule has 2 heteroatoms. The minimum Gasteiger partial charge on any atom is -0.433 e. The summed E-state index contributed by atoms with van der Waals surface area (Å²) >= 11 is 0. The molecular weight excluding hydrogens is 224 g/mol. The molecule has 86 valence electrons. The smallest absolute Gasteiger partial charge is 0.298 e. The standard InChI is InChI=1S/C16H10O2/c1-2-4-11(5-3-1)12-6-7-15-14(10-12)13-8-9-17-16(13)18-15/h1-10H. The third-order valence-electron chi connectivity index (χ3n) is 3.21. The van der Waals surface area contributed by atoms with E-state index in [1.165, 1.54) is 11.1 Å². The van der Waals surface area contributed by atoms with Crippen molar-refractivity contribution in [3.05, 3.63) is 60.9 Å². The lowest BCUT2D eigenvalue weighted by Crippen LogP contribution is -1.76. The Kier molecular flexibility index (Phi) is 1.86. The van der Waals surface area contributed by atoms with E-state index in [0.717, 1.165) is 16.4 Å². The number of fused-ring (bicyclic) bond motifs is 3. The molecule has 2 aromatic heterocycles. The third-order valence-corrected chi connectivity index (χ3v) is 3.21. The van der Waals surface area contributed by atoms with E-state index in [1.54, 1.807) is 6.26 Å². The monoisotopic (exact) mass is 234 g/mol. The molecule has 0 aliphatic carbocycles. The zero-order valence-electron chi connectivity index (χ0n) is 9.59. The van der Waals surface area contributed by atoms with Gasteiger partial charge in [-0.1, -0.05) is 36.4 Å². The molecule has 0 saturated carbocycles. The van der Waals surface area contributed by atoms with Crippen LogP contribution in [0.2, 0.25) is 0 Å². The zero-order valence-corrected chi connectivity index (χ0v) is 9.59. The van der Waals surface area contributed by atoms with Crippen LogP contribution in [0.25, 0.3) is 33.3 Å². The lowest BCUT2D eigenvalue weighted by atomic mass is 10.0. The Labute approximate surface area is 103 Å². The van der Waals surface area contributed by atoms with Gasteiger partial charge < -0.3 is 8.83 Å². The van der Waals surface area contributed by atoms with Gasteiger partial charge in [0.2, 0.25) is 0 Å². The van der Waals surface area contributed by atoms with Crippen LogP contribution in [0.15, 0.2) is 69.7 Å². The van der Waals surface area contributed by atoms with Crippen molar-refractivity contribution >= 4 is 22.1 Å². The normalized spacial score (nSPS) is 11.3. The van der Waals surface area contributed by atoms with E-state index in [2.05, 4.69) is 24.3 Å². The molecule has 0 aliphatic rings. The van der Waals surface area contributed by atoms with E-state index in [-0.39, 0.29) is 0 Å². The first-order valence-corrected chi connectivity index (χ1v) is 5.87. The van der Waals surface area contributed by atoms with E-state index in [1.807, 2.05) is 30.3 Å². The number of hydrogen-bond acceptors (Lipinski definition) is 2. The maximum Gasteiger partial charge on any atom is 0.298 e. The van der Waals surface area contributed by atoms with E-state index < -0.39 is 0 Å². The van der Waals surface area contributed by atoms with Gasteiger partial charge in [0.15, 0.2) is 0 Å². The molecule has 0 atom stereocenters. The summed E-state index contributed by atoms with van der Waals surface area (Å²) in [5.41, 5.74) is 3.26. The summed E-state index contributed by atoms with van der Waals surface area (Å²) in [5.74, 6) is 0.593. The van der Waals surface area contributed by atoms with Crippen molar-refractivity contribution in [1.82, 2.24) is 0 Å². The first kappa shape index (κ1) is 9.54. The quantitative estimate of drug-likeness (QED) is 0.470. The summed E-state index contributed by atoms with van der Waals surface area (Å²) in [6.45, 7) is 0. The fourth-order valence-corrected chi connectivity index (χ4v) is 2.31. The van der Waals surface area contributed by atoms with Gasteiger partial charge in [-0.25, -0.2) is 0 Å². The van der Waals surface area contributed by atoms with Gasteiger partial charge in [-0.2, -0.15) is 0 Å². The molecule has 4 rings (SSSR count). The van der Waals surface area contributed by atoms with Crippen LogP contribution in [0.4, 0.5) is 0 Å². The summed E-state index contributed by atoms with van der Waals surface area (Å²) < 4.78 is 10.9. The lowest BCUT2D eigenvalue weighted by Gasteiger charge is -2.00. The van der Waals surface area contributed by atoms with E-state index in [4.69, 9.17) is 8.83 Å². The van der Waals surface area contributed by atoms with Gasteiger partial charge in [0.1, 0.15) is 5.58 Å². The van der Waals surface area contributed by atoms with Gasteiger partial charge in [0, 0.05) is 5.39 Å². The molecule has 0 unspecified atom stereocenters. The van der Waals surface area contributed by atoms with Crippen molar-refractivity contribution in [2.75, 3.05) is 0 Å². The van der Waals surface area contributed by atoms with Crippen LogP contribution in [-0.2, 0) is 0 Å². The van der Waals surface area contributed by atoms with Gasteiger partial charge in [0.05, 0.1) is 11.6 Å². The first-order chi connectivity index (χ1) is 8.92. The van der Waals surface area contributed by atoms with Crippen LogP contribution in [0.3, 0.4) is 0 Å². The minimum absolute atomic E-state index is 0.593. The largest absolute Gasteiger partial charge is 0.433 e. The first-order valence-electron chi connectivity index (χ1n) is 5.87. The average molecular weight is 234 g/mol. The molecule has 0 amide bonds. The highest BCUT2D eigenvalue weighted by molar-refractivity contribution is 6.04. The van der Waals surface area contributed by atoms with Crippen molar-refractivity contribution in [1.29, 1.82) is 0 Å². The van der Waals surface area contributed by atoms with Crippen molar-refractivity contribution in [3.63, 3.8) is 0 Å². The molecule has 4 aromatic rings. The highest BCUT2D eigenvalue weighted by Gasteiger charge is 2.10. The van der Waals surface area contributed by atoms with Crippen LogP contribution < -0.4 is 0 Å². The highest BCUT2D eigenvalue weighted by atomic mass is 16.5. The number of benzene rings is 2. The maximum atomic E-state index is 5.62. The molecule has 2 nitrogen and oxygen atoms in total. The Balaban J connectivity index is 2.02. The van der Waals surface area contributed by atoms with Gasteiger partial charge >= 0.3 is 0 Å². The summed E-state index contributed by atoms with van der Waals surface area (Å²) in [4.78, 5) is 0. The van der Waals surface area contributed by atoms with Crippen molar-refractivity contribution in [2.45, 2.75) is 0 Å². The van der Waals surface area contributed by atoms with Gasteiger partial charge in [-0.3, -0.25) is 0 Å². The minimum atomic E-state index is 0.593.